The van der Waals surface area contributed by atoms with E-state index in [1.54, 1.807) is 5.82 Å². The Balaban J connectivity index is 2.27. The van der Waals surface area contributed by atoms with Crippen LogP contribution in [0.4, 0.5) is 0 Å². The number of nitrogens with zero attached hydrogens (tertiary/aromatic N) is 2. The molecule has 0 bridgehead atoms. The summed E-state index contributed by atoms with van der Waals surface area (Å²) in [7, 11) is 0. The Morgan fingerprint density at radius 3 is 0.980 bits per heavy atom. The number of hydrogen-bond donors (Lipinski definition) is 0. The minimum Gasteiger partial charge on any atom is -0.234 e. The van der Waals surface area contributed by atoms with E-state index in [2.05, 4.69) is 42.3 Å². The SMILES string of the molecule is CCCCCCCCCCCCCCCC[n+]1ccn(CCCCCCCCCCCCCC)c1CCCCCCCCCCCCCC. The lowest BCUT2D eigenvalue weighted by Gasteiger charge is -2.07. The van der Waals surface area contributed by atoms with Crippen LogP contribution in [0.2, 0.25) is 0 Å². The van der Waals surface area contributed by atoms with Crippen molar-refractivity contribution >= 4 is 0 Å². The molecule has 1 aromatic rings. The number of rotatable bonds is 41. The van der Waals surface area contributed by atoms with Gasteiger partial charge in [0.15, 0.2) is 0 Å². The van der Waals surface area contributed by atoms with Gasteiger partial charge in [0.1, 0.15) is 12.4 Å². The summed E-state index contributed by atoms with van der Waals surface area (Å²) in [4.78, 5) is 0. The minimum atomic E-state index is 1.23. The Hall–Kier alpha value is -0.790. The lowest BCUT2D eigenvalue weighted by Crippen LogP contribution is -2.37. The molecule has 0 aliphatic heterocycles. The summed E-state index contributed by atoms with van der Waals surface area (Å²) in [5.41, 5.74) is 0. The maximum Gasteiger partial charge on any atom is 0.256 e. The molecule has 0 radical (unpaired) electrons. The van der Waals surface area contributed by atoms with Crippen molar-refractivity contribution in [2.24, 2.45) is 0 Å². The van der Waals surface area contributed by atoms with Gasteiger partial charge in [-0.15, -0.1) is 0 Å². The molecule has 2 heteroatoms. The number of unbranched alkanes of at least 4 members (excludes halogenated alkanes) is 35. The molecular weight excluding hydrogens is 593 g/mol. The average Bonchev–Trinajstić information content (AvgIpc) is 3.50. The molecule has 0 aliphatic carbocycles. The van der Waals surface area contributed by atoms with Crippen molar-refractivity contribution in [1.29, 1.82) is 0 Å². The zero-order valence-corrected chi connectivity index (χ0v) is 34.5. The first-order chi connectivity index (χ1) is 24.3. The van der Waals surface area contributed by atoms with Gasteiger partial charge in [-0.3, -0.25) is 0 Å². The first kappa shape index (κ1) is 46.2. The second-order valence-corrected chi connectivity index (χ2v) is 16.2. The van der Waals surface area contributed by atoms with Crippen molar-refractivity contribution in [2.75, 3.05) is 0 Å². The highest BCUT2D eigenvalue weighted by Gasteiger charge is 2.16. The fourth-order valence-electron chi connectivity index (χ4n) is 7.92. The van der Waals surface area contributed by atoms with Gasteiger partial charge in [-0.25, -0.2) is 9.13 Å². The molecule has 0 N–H and O–H groups in total. The van der Waals surface area contributed by atoms with E-state index < -0.39 is 0 Å². The maximum absolute atomic E-state index is 2.65. The Morgan fingerprint density at radius 1 is 0.347 bits per heavy atom. The van der Waals surface area contributed by atoms with Crippen molar-refractivity contribution in [1.82, 2.24) is 4.57 Å². The van der Waals surface area contributed by atoms with Gasteiger partial charge >= 0.3 is 0 Å². The van der Waals surface area contributed by atoms with Gasteiger partial charge in [0, 0.05) is 6.42 Å². The topological polar surface area (TPSA) is 8.81 Å². The molecule has 0 fully saturated rings. The van der Waals surface area contributed by atoms with Crippen LogP contribution >= 0.6 is 0 Å². The summed E-state index contributed by atoms with van der Waals surface area (Å²) >= 11 is 0. The standard InChI is InChI=1S/C47H93N2/c1-4-7-10-13-16-19-22-25-26-29-32-35-38-41-44-49-46-45-48(43-40-37-34-31-28-24-21-18-15-12-9-6-3)47(49)42-39-36-33-30-27-23-20-17-14-11-8-5-2/h45-46H,4-44H2,1-3H3/q+1. The van der Waals surface area contributed by atoms with E-state index in [-0.39, 0.29) is 0 Å². The highest BCUT2D eigenvalue weighted by atomic mass is 15.1. The van der Waals surface area contributed by atoms with Crippen molar-refractivity contribution < 1.29 is 4.57 Å². The second kappa shape index (κ2) is 38.4. The van der Waals surface area contributed by atoms with Crippen LogP contribution in [0.3, 0.4) is 0 Å². The predicted molar refractivity (Wildman–Crippen MR) is 221 cm³/mol. The molecule has 1 heterocycles. The van der Waals surface area contributed by atoms with Gasteiger partial charge in [-0.1, -0.05) is 233 Å². The van der Waals surface area contributed by atoms with Gasteiger partial charge in [0.2, 0.25) is 0 Å². The van der Waals surface area contributed by atoms with Gasteiger partial charge in [-0.05, 0) is 32.1 Å². The van der Waals surface area contributed by atoms with Crippen molar-refractivity contribution in [3.8, 4) is 0 Å². The highest BCUT2D eigenvalue weighted by molar-refractivity contribution is 4.84. The summed E-state index contributed by atoms with van der Waals surface area (Å²) in [6, 6.07) is 0. The van der Waals surface area contributed by atoms with E-state index in [0.29, 0.717) is 0 Å². The molecule has 0 saturated carbocycles. The van der Waals surface area contributed by atoms with Crippen LogP contribution in [0.1, 0.15) is 271 Å². The Labute approximate surface area is 310 Å². The van der Waals surface area contributed by atoms with Crippen LogP contribution in [0, 0.1) is 0 Å². The third-order valence-corrected chi connectivity index (χ3v) is 11.3. The van der Waals surface area contributed by atoms with Crippen LogP contribution in [-0.2, 0) is 19.5 Å². The summed E-state index contributed by atoms with van der Waals surface area (Å²) in [6.45, 7) is 9.41. The van der Waals surface area contributed by atoms with Gasteiger partial charge in [-0.2, -0.15) is 0 Å². The molecule has 0 aliphatic rings. The van der Waals surface area contributed by atoms with E-state index in [4.69, 9.17) is 0 Å². The third kappa shape index (κ3) is 30.5. The summed E-state index contributed by atoms with van der Waals surface area (Å²) in [5.74, 6) is 1.63. The molecule has 1 aromatic heterocycles. The molecule has 0 unspecified atom stereocenters. The van der Waals surface area contributed by atoms with Crippen molar-refractivity contribution in [2.45, 2.75) is 284 Å². The molecule has 290 valence electrons. The Morgan fingerprint density at radius 2 is 0.633 bits per heavy atom. The summed E-state index contributed by atoms with van der Waals surface area (Å²) in [5, 5.41) is 0. The second-order valence-electron chi connectivity index (χ2n) is 16.2. The molecule has 49 heavy (non-hydrogen) atoms. The Kier molecular flexibility index (Phi) is 36.3. The molecule has 0 spiro atoms. The van der Waals surface area contributed by atoms with Crippen LogP contribution < -0.4 is 4.57 Å². The van der Waals surface area contributed by atoms with Crippen LogP contribution in [0.15, 0.2) is 12.4 Å². The summed E-state index contributed by atoms with van der Waals surface area (Å²) < 4.78 is 5.30. The predicted octanol–water partition coefficient (Wildman–Crippen LogP) is 16.2. The average molecular weight is 686 g/mol. The smallest absolute Gasteiger partial charge is 0.234 e. The van der Waals surface area contributed by atoms with Crippen molar-refractivity contribution in [3.63, 3.8) is 0 Å². The molecule has 0 aromatic carbocycles. The van der Waals surface area contributed by atoms with Gasteiger partial charge in [0.25, 0.3) is 5.82 Å². The van der Waals surface area contributed by atoms with Gasteiger partial charge in [0.05, 0.1) is 13.1 Å². The van der Waals surface area contributed by atoms with Crippen LogP contribution in [0.25, 0.3) is 0 Å². The van der Waals surface area contributed by atoms with E-state index in [1.807, 2.05) is 0 Å². The maximum atomic E-state index is 2.65. The lowest BCUT2D eigenvalue weighted by molar-refractivity contribution is -0.704. The first-order valence-electron chi connectivity index (χ1n) is 23.4. The van der Waals surface area contributed by atoms with E-state index in [1.165, 1.54) is 264 Å². The number of hydrogen-bond acceptors (Lipinski definition) is 0. The zero-order chi connectivity index (χ0) is 35.1. The molecular formula is C47H93N2+. The Bertz CT molecular complexity index is 751. The lowest BCUT2D eigenvalue weighted by atomic mass is 10.0. The van der Waals surface area contributed by atoms with E-state index in [0.717, 1.165) is 0 Å². The van der Waals surface area contributed by atoms with Gasteiger partial charge < -0.3 is 0 Å². The highest BCUT2D eigenvalue weighted by Crippen LogP contribution is 2.16. The van der Waals surface area contributed by atoms with E-state index in [9.17, 15) is 0 Å². The third-order valence-electron chi connectivity index (χ3n) is 11.3. The van der Waals surface area contributed by atoms with Crippen molar-refractivity contribution in [3.05, 3.63) is 18.2 Å². The minimum absolute atomic E-state index is 1.23. The van der Waals surface area contributed by atoms with Crippen LogP contribution in [0.5, 0.6) is 0 Å². The van der Waals surface area contributed by atoms with E-state index >= 15 is 0 Å². The first-order valence-corrected chi connectivity index (χ1v) is 23.4. The number of aromatic nitrogens is 2. The molecule has 0 saturated heterocycles. The monoisotopic (exact) mass is 686 g/mol. The fourth-order valence-corrected chi connectivity index (χ4v) is 7.92. The normalized spacial score (nSPS) is 11.7. The van der Waals surface area contributed by atoms with Crippen LogP contribution in [-0.4, -0.2) is 4.57 Å². The molecule has 0 atom stereocenters. The fraction of sp³-hybridized carbons (Fsp3) is 0.936. The number of imidazole rings is 1. The molecule has 2 nitrogen and oxygen atoms in total. The molecule has 0 amide bonds. The number of aryl methyl sites for hydroxylation is 2. The quantitative estimate of drug-likeness (QED) is 0.0479. The summed E-state index contributed by atoms with van der Waals surface area (Å²) in [6.07, 6.45) is 60.8. The molecule has 1 rings (SSSR count). The largest absolute Gasteiger partial charge is 0.256 e. The zero-order valence-electron chi connectivity index (χ0n) is 34.5.